The van der Waals surface area contributed by atoms with E-state index in [1.54, 1.807) is 0 Å². The highest BCUT2D eigenvalue weighted by molar-refractivity contribution is 5.75. The summed E-state index contributed by atoms with van der Waals surface area (Å²) in [5.74, 6) is 0. The van der Waals surface area contributed by atoms with Crippen molar-refractivity contribution in [3.8, 4) is 6.07 Å². The van der Waals surface area contributed by atoms with E-state index in [1.807, 2.05) is 0 Å². The molecule has 0 fully saturated rings. The zero-order valence-corrected chi connectivity index (χ0v) is 7.45. The van der Waals surface area contributed by atoms with Gasteiger partial charge in [-0.15, -0.1) is 0 Å². The van der Waals surface area contributed by atoms with E-state index >= 15 is 0 Å². The number of nitriles is 1. The van der Waals surface area contributed by atoms with E-state index in [9.17, 15) is 18.0 Å². The number of nitrogens with zero attached hydrogens (tertiary/aromatic N) is 1. The summed E-state index contributed by atoms with van der Waals surface area (Å²) in [7, 11) is 0. The fourth-order valence-electron chi connectivity index (χ4n) is 1.15. The summed E-state index contributed by atoms with van der Waals surface area (Å²) < 4.78 is 37.8. The van der Waals surface area contributed by atoms with Gasteiger partial charge in [0.25, 0.3) is 0 Å². The van der Waals surface area contributed by atoms with E-state index in [4.69, 9.17) is 5.26 Å². The summed E-state index contributed by atoms with van der Waals surface area (Å²) in [5.41, 5.74) is -3.43. The monoisotopic (exact) mass is 213 g/mol. The van der Waals surface area contributed by atoms with Crippen LogP contribution in [-0.2, 0) is 10.2 Å². The van der Waals surface area contributed by atoms with Crippen LogP contribution in [0.4, 0.5) is 13.2 Å². The van der Waals surface area contributed by atoms with Gasteiger partial charge in [-0.2, -0.15) is 18.4 Å². The van der Waals surface area contributed by atoms with Crippen LogP contribution < -0.4 is 0 Å². The van der Waals surface area contributed by atoms with Crippen molar-refractivity contribution in [1.29, 1.82) is 5.26 Å². The molecule has 0 saturated heterocycles. The first-order chi connectivity index (χ1) is 6.98. The van der Waals surface area contributed by atoms with Crippen LogP contribution in [0.5, 0.6) is 0 Å². The van der Waals surface area contributed by atoms with Gasteiger partial charge in [-0.3, -0.25) is 0 Å². The van der Waals surface area contributed by atoms with Gasteiger partial charge in [-0.05, 0) is 5.56 Å². The number of alkyl halides is 3. The largest absolute Gasteiger partial charge is 0.417 e. The third kappa shape index (κ3) is 1.71. The van der Waals surface area contributed by atoms with Gasteiger partial charge in [0.1, 0.15) is 0 Å². The average molecular weight is 213 g/mol. The minimum atomic E-state index is -4.91. The highest BCUT2D eigenvalue weighted by atomic mass is 19.4. The molecule has 1 atom stereocenters. The van der Waals surface area contributed by atoms with Crippen LogP contribution in [-0.4, -0.2) is 12.5 Å². The summed E-state index contributed by atoms with van der Waals surface area (Å²) in [6, 6.07) is 7.43. The van der Waals surface area contributed by atoms with E-state index in [1.165, 1.54) is 18.2 Å². The van der Waals surface area contributed by atoms with Crippen molar-refractivity contribution in [3.05, 3.63) is 35.9 Å². The van der Waals surface area contributed by atoms with Gasteiger partial charge < -0.3 is 4.79 Å². The number of aldehydes is 1. The molecule has 78 valence electrons. The highest BCUT2D eigenvalue weighted by Crippen LogP contribution is 2.38. The maximum absolute atomic E-state index is 12.6. The molecule has 0 spiro atoms. The first-order valence-corrected chi connectivity index (χ1v) is 3.98. The van der Waals surface area contributed by atoms with Crippen LogP contribution in [0.3, 0.4) is 0 Å². The van der Waals surface area contributed by atoms with Gasteiger partial charge >= 0.3 is 6.18 Å². The zero-order chi connectivity index (χ0) is 11.5. The Kier molecular flexibility index (Phi) is 2.80. The number of rotatable bonds is 2. The maximum atomic E-state index is 12.6. The smallest absolute Gasteiger partial charge is 0.301 e. The normalized spacial score (nSPS) is 15.1. The van der Waals surface area contributed by atoms with Gasteiger partial charge in [-0.25, -0.2) is 0 Å². The molecule has 0 N–H and O–H groups in total. The third-order valence-corrected chi connectivity index (χ3v) is 2.03. The first-order valence-electron chi connectivity index (χ1n) is 3.98. The molecule has 0 aliphatic rings. The fraction of sp³-hybridized carbons (Fsp3) is 0.200. The summed E-state index contributed by atoms with van der Waals surface area (Å²) in [4.78, 5) is 10.6. The van der Waals surface area contributed by atoms with Gasteiger partial charge in [-0.1, -0.05) is 30.3 Å². The van der Waals surface area contributed by atoms with E-state index in [-0.39, 0.29) is 11.8 Å². The van der Waals surface area contributed by atoms with Crippen LogP contribution >= 0.6 is 0 Å². The van der Waals surface area contributed by atoms with Crippen LogP contribution in [0.15, 0.2) is 30.3 Å². The molecule has 2 nitrogen and oxygen atoms in total. The lowest BCUT2D eigenvalue weighted by Crippen LogP contribution is -2.42. The number of hydrogen-bond donors (Lipinski definition) is 0. The number of carbonyl (C=O) groups is 1. The van der Waals surface area contributed by atoms with Crippen molar-refractivity contribution in [3.63, 3.8) is 0 Å². The Balaban J connectivity index is 3.39. The second kappa shape index (κ2) is 3.73. The lowest BCUT2D eigenvalue weighted by atomic mass is 9.83. The molecule has 0 heterocycles. The number of benzene rings is 1. The average Bonchev–Trinajstić information content (AvgIpc) is 2.20. The summed E-state index contributed by atoms with van der Waals surface area (Å²) in [5, 5.41) is 8.56. The molecule has 0 amide bonds. The van der Waals surface area contributed by atoms with Gasteiger partial charge in [0.05, 0.1) is 6.07 Å². The van der Waals surface area contributed by atoms with Crippen molar-refractivity contribution < 1.29 is 18.0 Å². The Labute approximate surface area is 83.9 Å². The topological polar surface area (TPSA) is 40.9 Å². The summed E-state index contributed by atoms with van der Waals surface area (Å²) >= 11 is 0. The summed E-state index contributed by atoms with van der Waals surface area (Å²) in [6.07, 6.45) is -5.28. The molecule has 0 aromatic heterocycles. The number of hydrogen-bond acceptors (Lipinski definition) is 2. The Morgan fingerprint density at radius 3 is 2.07 bits per heavy atom. The second-order valence-corrected chi connectivity index (χ2v) is 2.90. The van der Waals surface area contributed by atoms with Crippen LogP contribution in [0.1, 0.15) is 5.56 Å². The molecule has 0 aliphatic carbocycles. The van der Waals surface area contributed by atoms with Crippen molar-refractivity contribution in [1.82, 2.24) is 0 Å². The standard InChI is InChI=1S/C10H6F3NO/c11-10(12,13)9(6-14,7-15)8-4-2-1-3-5-8/h1-5,7H. The van der Waals surface area contributed by atoms with Gasteiger partial charge in [0.15, 0.2) is 6.29 Å². The Morgan fingerprint density at radius 1 is 1.20 bits per heavy atom. The van der Waals surface area contributed by atoms with Gasteiger partial charge in [0.2, 0.25) is 5.41 Å². The van der Waals surface area contributed by atoms with Crippen molar-refractivity contribution in [2.24, 2.45) is 0 Å². The molecule has 5 heteroatoms. The number of halogens is 3. The Morgan fingerprint density at radius 2 is 1.73 bits per heavy atom. The Bertz CT molecular complexity index is 393. The molecular formula is C10H6F3NO. The van der Waals surface area contributed by atoms with Crippen LogP contribution in [0.25, 0.3) is 0 Å². The zero-order valence-electron chi connectivity index (χ0n) is 7.45. The molecule has 0 radical (unpaired) electrons. The lowest BCUT2D eigenvalue weighted by molar-refractivity contribution is -0.173. The maximum Gasteiger partial charge on any atom is 0.417 e. The molecule has 1 aromatic rings. The summed E-state index contributed by atoms with van der Waals surface area (Å²) in [6.45, 7) is 0. The third-order valence-electron chi connectivity index (χ3n) is 2.03. The van der Waals surface area contributed by atoms with Crippen molar-refractivity contribution in [2.75, 3.05) is 0 Å². The Hall–Kier alpha value is -1.83. The molecule has 1 aromatic carbocycles. The van der Waals surface area contributed by atoms with E-state index in [0.717, 1.165) is 18.2 Å². The molecule has 0 aliphatic heterocycles. The lowest BCUT2D eigenvalue weighted by Gasteiger charge is -2.23. The predicted octanol–water partition coefficient (Wildman–Crippen LogP) is 2.21. The fourth-order valence-corrected chi connectivity index (χ4v) is 1.15. The molecule has 0 saturated carbocycles. The first kappa shape index (κ1) is 11.2. The molecule has 15 heavy (non-hydrogen) atoms. The molecular weight excluding hydrogens is 207 g/mol. The van der Waals surface area contributed by atoms with E-state index < -0.39 is 11.6 Å². The predicted molar refractivity (Wildman–Crippen MR) is 45.9 cm³/mol. The van der Waals surface area contributed by atoms with Gasteiger partial charge in [0, 0.05) is 0 Å². The van der Waals surface area contributed by atoms with Crippen molar-refractivity contribution in [2.45, 2.75) is 11.6 Å². The minimum Gasteiger partial charge on any atom is -0.301 e. The van der Waals surface area contributed by atoms with E-state index in [0.29, 0.717) is 0 Å². The quantitative estimate of drug-likeness (QED) is 0.706. The second-order valence-electron chi connectivity index (χ2n) is 2.90. The molecule has 1 rings (SSSR count). The van der Waals surface area contributed by atoms with Crippen LogP contribution in [0, 0.1) is 11.3 Å². The molecule has 1 unspecified atom stereocenters. The molecule has 0 bridgehead atoms. The van der Waals surface area contributed by atoms with E-state index in [2.05, 4.69) is 0 Å². The van der Waals surface area contributed by atoms with Crippen molar-refractivity contribution >= 4 is 6.29 Å². The van der Waals surface area contributed by atoms with Crippen LogP contribution in [0.2, 0.25) is 0 Å². The number of carbonyl (C=O) groups excluding carboxylic acids is 1. The minimum absolute atomic E-state index is 0.366. The SMILES string of the molecule is N#CC(C=O)(c1ccccc1)C(F)(F)F. The highest BCUT2D eigenvalue weighted by Gasteiger charge is 2.57.